The van der Waals surface area contributed by atoms with Gasteiger partial charge in [-0.3, -0.25) is 4.79 Å². The van der Waals surface area contributed by atoms with Crippen LogP contribution in [0.1, 0.15) is 31.2 Å². The van der Waals surface area contributed by atoms with Crippen LogP contribution >= 0.6 is 0 Å². The van der Waals surface area contributed by atoms with Crippen molar-refractivity contribution in [3.63, 3.8) is 0 Å². The molecule has 6 heteroatoms. The first-order chi connectivity index (χ1) is 10.5. The smallest absolute Gasteiger partial charge is 0.325 e. The SMILES string of the molecule is COc1ccccc1C1CCN(C(=O)N[C@H](C)C(=O)O)CC1. The summed E-state index contributed by atoms with van der Waals surface area (Å²) in [5.74, 6) is 0.208. The lowest BCUT2D eigenvalue weighted by Crippen LogP contribution is -2.49. The maximum Gasteiger partial charge on any atom is 0.325 e. The van der Waals surface area contributed by atoms with Gasteiger partial charge in [-0.2, -0.15) is 0 Å². The predicted molar refractivity (Wildman–Crippen MR) is 82.2 cm³/mol. The molecule has 1 aromatic rings. The van der Waals surface area contributed by atoms with Crippen molar-refractivity contribution in [1.29, 1.82) is 0 Å². The van der Waals surface area contributed by atoms with Crippen LogP contribution in [-0.2, 0) is 4.79 Å². The molecule has 0 saturated carbocycles. The van der Waals surface area contributed by atoms with Crippen LogP contribution in [0.2, 0.25) is 0 Å². The van der Waals surface area contributed by atoms with Crippen LogP contribution in [0.15, 0.2) is 24.3 Å². The van der Waals surface area contributed by atoms with Crippen LogP contribution in [0.5, 0.6) is 5.75 Å². The zero-order valence-electron chi connectivity index (χ0n) is 12.9. The summed E-state index contributed by atoms with van der Waals surface area (Å²) in [6.45, 7) is 2.68. The number of piperidine rings is 1. The maximum atomic E-state index is 12.0. The highest BCUT2D eigenvalue weighted by molar-refractivity contribution is 5.82. The first-order valence-electron chi connectivity index (χ1n) is 7.44. The highest BCUT2D eigenvalue weighted by Gasteiger charge is 2.26. The van der Waals surface area contributed by atoms with E-state index in [9.17, 15) is 9.59 Å². The number of nitrogens with zero attached hydrogens (tertiary/aromatic N) is 1. The van der Waals surface area contributed by atoms with Crippen molar-refractivity contribution in [2.75, 3.05) is 20.2 Å². The third-order valence-corrected chi connectivity index (χ3v) is 4.07. The molecule has 2 amide bonds. The molecule has 0 spiro atoms. The standard InChI is InChI=1S/C16H22N2O4/c1-11(15(19)20)17-16(21)18-9-7-12(8-10-18)13-5-3-4-6-14(13)22-2/h3-6,11-12H,7-10H2,1-2H3,(H,17,21)(H,19,20)/t11-/m1/s1. The van der Waals surface area contributed by atoms with Crippen molar-refractivity contribution < 1.29 is 19.4 Å². The van der Waals surface area contributed by atoms with E-state index < -0.39 is 12.0 Å². The van der Waals surface area contributed by atoms with Crippen molar-refractivity contribution in [2.24, 2.45) is 0 Å². The number of likely N-dealkylation sites (tertiary alicyclic amines) is 1. The summed E-state index contributed by atoms with van der Waals surface area (Å²) in [5, 5.41) is 11.3. The van der Waals surface area contributed by atoms with Crippen LogP contribution in [0.3, 0.4) is 0 Å². The average Bonchev–Trinajstić information content (AvgIpc) is 2.54. The molecule has 1 aliphatic heterocycles. The number of benzene rings is 1. The molecule has 1 saturated heterocycles. The molecule has 1 aromatic carbocycles. The van der Waals surface area contributed by atoms with Gasteiger partial charge >= 0.3 is 12.0 Å². The van der Waals surface area contributed by atoms with Gasteiger partial charge in [0.05, 0.1) is 7.11 Å². The fourth-order valence-electron chi connectivity index (χ4n) is 2.74. The molecule has 1 heterocycles. The van der Waals surface area contributed by atoms with Gasteiger partial charge in [0.25, 0.3) is 0 Å². The summed E-state index contributed by atoms with van der Waals surface area (Å²) in [6, 6.07) is 6.76. The molecule has 1 aliphatic rings. The number of rotatable bonds is 4. The van der Waals surface area contributed by atoms with Gasteiger partial charge in [-0.25, -0.2) is 4.79 Å². The van der Waals surface area contributed by atoms with Crippen LogP contribution < -0.4 is 10.1 Å². The van der Waals surface area contributed by atoms with Crippen molar-refractivity contribution in [1.82, 2.24) is 10.2 Å². The number of urea groups is 1. The average molecular weight is 306 g/mol. The van der Waals surface area contributed by atoms with E-state index in [4.69, 9.17) is 9.84 Å². The van der Waals surface area contributed by atoms with E-state index in [2.05, 4.69) is 11.4 Å². The summed E-state index contributed by atoms with van der Waals surface area (Å²) >= 11 is 0. The minimum atomic E-state index is -1.03. The Morgan fingerprint density at radius 1 is 1.32 bits per heavy atom. The fraction of sp³-hybridized carbons (Fsp3) is 0.500. The van der Waals surface area contributed by atoms with Gasteiger partial charge in [-0.1, -0.05) is 18.2 Å². The number of carboxylic acids is 1. The number of carboxylic acid groups (broad SMARTS) is 1. The van der Waals surface area contributed by atoms with E-state index in [1.165, 1.54) is 12.5 Å². The highest BCUT2D eigenvalue weighted by atomic mass is 16.5. The lowest BCUT2D eigenvalue weighted by Gasteiger charge is -2.33. The zero-order chi connectivity index (χ0) is 16.1. The quantitative estimate of drug-likeness (QED) is 0.892. The van der Waals surface area contributed by atoms with E-state index >= 15 is 0 Å². The topological polar surface area (TPSA) is 78.9 Å². The number of ether oxygens (including phenoxy) is 1. The molecule has 2 N–H and O–H groups in total. The molecule has 1 atom stereocenters. The number of methoxy groups -OCH3 is 1. The fourth-order valence-corrected chi connectivity index (χ4v) is 2.74. The maximum absolute atomic E-state index is 12.0. The minimum Gasteiger partial charge on any atom is -0.496 e. The van der Waals surface area contributed by atoms with E-state index in [-0.39, 0.29) is 6.03 Å². The molecule has 0 aliphatic carbocycles. The molecular weight excluding hydrogens is 284 g/mol. The molecule has 0 radical (unpaired) electrons. The van der Waals surface area contributed by atoms with Gasteiger partial charge in [0.1, 0.15) is 11.8 Å². The second kappa shape index (κ2) is 7.15. The Labute approximate surface area is 130 Å². The number of para-hydroxylation sites is 1. The second-order valence-corrected chi connectivity index (χ2v) is 5.51. The number of hydrogen-bond acceptors (Lipinski definition) is 3. The third-order valence-electron chi connectivity index (χ3n) is 4.07. The van der Waals surface area contributed by atoms with Gasteiger partial charge < -0.3 is 20.1 Å². The van der Waals surface area contributed by atoms with E-state index in [1.807, 2.05) is 18.2 Å². The molecule has 6 nitrogen and oxygen atoms in total. The Bertz CT molecular complexity index is 539. The number of hydrogen-bond donors (Lipinski definition) is 2. The Hall–Kier alpha value is -2.24. The Morgan fingerprint density at radius 3 is 2.55 bits per heavy atom. The monoisotopic (exact) mass is 306 g/mol. The molecular formula is C16H22N2O4. The second-order valence-electron chi connectivity index (χ2n) is 5.51. The highest BCUT2D eigenvalue weighted by Crippen LogP contribution is 2.33. The largest absolute Gasteiger partial charge is 0.496 e. The summed E-state index contributed by atoms with van der Waals surface area (Å²) in [7, 11) is 1.66. The molecule has 120 valence electrons. The van der Waals surface area contributed by atoms with Crippen LogP contribution in [0, 0.1) is 0 Å². The lowest BCUT2D eigenvalue weighted by atomic mass is 9.89. The Balaban J connectivity index is 1.93. The van der Waals surface area contributed by atoms with Crippen molar-refractivity contribution in [2.45, 2.75) is 31.7 Å². The van der Waals surface area contributed by atoms with Crippen molar-refractivity contribution >= 4 is 12.0 Å². The summed E-state index contributed by atoms with van der Waals surface area (Å²) in [6.07, 6.45) is 1.69. The minimum absolute atomic E-state index is 0.312. The van der Waals surface area contributed by atoms with Gasteiger partial charge in [-0.05, 0) is 37.3 Å². The predicted octanol–water partition coefficient (Wildman–Crippen LogP) is 2.06. The van der Waals surface area contributed by atoms with Crippen LogP contribution in [-0.4, -0.2) is 48.2 Å². The number of carbonyl (C=O) groups is 2. The van der Waals surface area contributed by atoms with E-state index in [0.29, 0.717) is 19.0 Å². The molecule has 1 fully saturated rings. The number of carbonyl (C=O) groups excluding carboxylic acids is 1. The lowest BCUT2D eigenvalue weighted by molar-refractivity contribution is -0.138. The zero-order valence-corrected chi connectivity index (χ0v) is 12.9. The Kier molecular flexibility index (Phi) is 5.25. The molecule has 0 bridgehead atoms. The first kappa shape index (κ1) is 16.1. The van der Waals surface area contributed by atoms with Crippen molar-refractivity contribution in [3.05, 3.63) is 29.8 Å². The van der Waals surface area contributed by atoms with Gasteiger partial charge in [0.2, 0.25) is 0 Å². The summed E-state index contributed by atoms with van der Waals surface area (Å²) < 4.78 is 5.39. The molecule has 22 heavy (non-hydrogen) atoms. The summed E-state index contributed by atoms with van der Waals surface area (Å²) in [4.78, 5) is 24.5. The number of amides is 2. The molecule has 0 aromatic heterocycles. The number of aliphatic carboxylic acids is 1. The van der Waals surface area contributed by atoms with Crippen LogP contribution in [0.4, 0.5) is 4.79 Å². The third kappa shape index (κ3) is 3.69. The summed E-state index contributed by atoms with van der Waals surface area (Å²) in [5.41, 5.74) is 1.17. The van der Waals surface area contributed by atoms with Gasteiger partial charge in [-0.15, -0.1) is 0 Å². The van der Waals surface area contributed by atoms with E-state index in [0.717, 1.165) is 18.6 Å². The first-order valence-corrected chi connectivity index (χ1v) is 7.44. The normalized spacial score (nSPS) is 16.9. The molecule has 2 rings (SSSR count). The Morgan fingerprint density at radius 2 is 1.95 bits per heavy atom. The van der Waals surface area contributed by atoms with Gasteiger partial charge in [0.15, 0.2) is 0 Å². The van der Waals surface area contributed by atoms with Crippen molar-refractivity contribution in [3.8, 4) is 5.75 Å². The van der Waals surface area contributed by atoms with Crippen LogP contribution in [0.25, 0.3) is 0 Å². The van der Waals surface area contributed by atoms with Gasteiger partial charge in [0, 0.05) is 13.1 Å². The number of nitrogens with one attached hydrogen (secondary N) is 1. The molecule has 0 unspecified atom stereocenters. The van der Waals surface area contributed by atoms with E-state index in [1.54, 1.807) is 12.0 Å².